The Labute approximate surface area is 211 Å². The summed E-state index contributed by atoms with van der Waals surface area (Å²) in [6, 6.07) is 14.4. The van der Waals surface area contributed by atoms with E-state index in [4.69, 9.17) is 11.6 Å². The third kappa shape index (κ3) is 5.58. The molecule has 0 atom stereocenters. The molecule has 4 aromatic rings. The number of halogens is 4. The van der Waals surface area contributed by atoms with Gasteiger partial charge in [-0.15, -0.1) is 0 Å². The number of pyridine rings is 2. The number of amides is 1. The van der Waals surface area contributed by atoms with Crippen molar-refractivity contribution in [1.82, 2.24) is 24.8 Å². The Balaban J connectivity index is 1.79. The summed E-state index contributed by atoms with van der Waals surface area (Å²) in [5.41, 5.74) is 1.37. The van der Waals surface area contributed by atoms with Crippen LogP contribution in [0, 0.1) is 0 Å². The Morgan fingerprint density at radius 3 is 2.36 bits per heavy atom. The van der Waals surface area contributed by atoms with Gasteiger partial charge in [0, 0.05) is 30.5 Å². The third-order valence-electron chi connectivity index (χ3n) is 5.50. The van der Waals surface area contributed by atoms with Crippen molar-refractivity contribution in [3.8, 4) is 28.3 Å². The Bertz CT molecular complexity index is 1350. The van der Waals surface area contributed by atoms with E-state index in [1.54, 1.807) is 48.5 Å². The van der Waals surface area contributed by atoms with Crippen molar-refractivity contribution in [2.24, 2.45) is 0 Å². The summed E-state index contributed by atoms with van der Waals surface area (Å²) in [5.74, 6) is -0.278. The van der Waals surface area contributed by atoms with E-state index in [9.17, 15) is 18.0 Å². The summed E-state index contributed by atoms with van der Waals surface area (Å²) in [6.45, 7) is 1.16. The molecule has 4 rings (SSSR count). The third-order valence-corrected chi connectivity index (χ3v) is 5.75. The molecule has 0 fully saturated rings. The highest BCUT2D eigenvalue weighted by Gasteiger charge is 2.35. The van der Waals surface area contributed by atoms with Crippen molar-refractivity contribution < 1.29 is 18.0 Å². The molecular formula is C26H23ClF3N5O. The highest BCUT2D eigenvalue weighted by Crippen LogP contribution is 2.38. The van der Waals surface area contributed by atoms with E-state index in [1.807, 2.05) is 19.0 Å². The molecule has 0 unspecified atom stereocenters. The molecule has 10 heteroatoms. The maximum Gasteiger partial charge on any atom is 0.418 e. The minimum atomic E-state index is -4.60. The van der Waals surface area contributed by atoms with E-state index in [1.165, 1.54) is 17.0 Å². The second kappa shape index (κ2) is 10.5. The van der Waals surface area contributed by atoms with Gasteiger partial charge in [-0.2, -0.15) is 13.2 Å². The Morgan fingerprint density at radius 2 is 1.72 bits per heavy atom. The second-order valence-electron chi connectivity index (χ2n) is 8.33. The van der Waals surface area contributed by atoms with E-state index >= 15 is 0 Å². The number of hydrogen-bond acceptors (Lipinski definition) is 4. The van der Waals surface area contributed by atoms with Crippen LogP contribution < -0.4 is 5.32 Å². The van der Waals surface area contributed by atoms with E-state index in [0.29, 0.717) is 46.3 Å². The average Bonchev–Trinajstić information content (AvgIpc) is 3.29. The Morgan fingerprint density at radius 1 is 1.00 bits per heavy atom. The molecule has 6 nitrogen and oxygen atoms in total. The lowest BCUT2D eigenvalue weighted by Crippen LogP contribution is -2.31. The lowest BCUT2D eigenvalue weighted by molar-refractivity contribution is -0.137. The summed E-state index contributed by atoms with van der Waals surface area (Å²) in [6.07, 6.45) is -0.899. The quantitative estimate of drug-likeness (QED) is 0.351. The number of benzene rings is 1. The van der Waals surface area contributed by atoms with Crippen LogP contribution in [0.5, 0.6) is 0 Å². The zero-order valence-electron chi connectivity index (χ0n) is 19.6. The highest BCUT2D eigenvalue weighted by molar-refractivity contribution is 6.30. The smallest absolute Gasteiger partial charge is 0.351 e. The van der Waals surface area contributed by atoms with E-state index < -0.39 is 11.7 Å². The maximum atomic E-state index is 13.9. The normalized spacial score (nSPS) is 11.6. The first-order valence-corrected chi connectivity index (χ1v) is 11.4. The number of alkyl halides is 3. The van der Waals surface area contributed by atoms with Crippen LogP contribution in [-0.2, 0) is 6.18 Å². The number of likely N-dealkylation sites (N-methyl/N-ethyl adjacent to an activating group) is 1. The van der Waals surface area contributed by atoms with Crippen LogP contribution in [0.25, 0.3) is 28.3 Å². The van der Waals surface area contributed by atoms with Gasteiger partial charge in [-0.3, -0.25) is 14.8 Å². The van der Waals surface area contributed by atoms with Crippen molar-refractivity contribution in [2.45, 2.75) is 6.18 Å². The lowest BCUT2D eigenvalue weighted by atomic mass is 10.1. The summed E-state index contributed by atoms with van der Waals surface area (Å²) in [5, 5.41) is 3.32. The zero-order valence-corrected chi connectivity index (χ0v) is 20.3. The van der Waals surface area contributed by atoms with Gasteiger partial charge in [-0.05, 0) is 62.1 Å². The van der Waals surface area contributed by atoms with Crippen molar-refractivity contribution in [3.63, 3.8) is 0 Å². The molecule has 0 saturated carbocycles. The first-order valence-electron chi connectivity index (χ1n) is 11.0. The molecule has 0 saturated heterocycles. The average molecular weight is 514 g/mol. The molecule has 0 bridgehead atoms. The molecular weight excluding hydrogens is 491 g/mol. The molecule has 1 N–H and O–H groups in total. The molecule has 0 aliphatic carbocycles. The molecule has 3 aromatic heterocycles. The van der Waals surface area contributed by atoms with Gasteiger partial charge in [0.25, 0.3) is 5.91 Å². The standard InChI is InChI=1S/C26H23ClF3N5O/c1-34(2)14-13-32-25(36)18-5-8-21(33-15-18)23-10-9-22(17-3-6-19(27)7-4-17)35(23)24-16-31-12-11-20(24)26(28,29)30/h3-12,15-16H,13-14H2,1-2H3,(H,32,36). The summed E-state index contributed by atoms with van der Waals surface area (Å²) in [4.78, 5) is 22.7. The SMILES string of the molecule is CN(C)CCNC(=O)c1ccc(-c2ccc(-c3ccc(Cl)cc3)n2-c2cnccc2C(F)(F)F)nc1. The monoisotopic (exact) mass is 513 g/mol. The van der Waals surface area contributed by atoms with Crippen molar-refractivity contribution in [3.05, 3.63) is 89.3 Å². The Hall–Kier alpha value is -3.69. The van der Waals surface area contributed by atoms with Gasteiger partial charge in [0.2, 0.25) is 0 Å². The van der Waals surface area contributed by atoms with Gasteiger partial charge in [-0.1, -0.05) is 23.7 Å². The number of carbonyl (C=O) groups is 1. The van der Waals surface area contributed by atoms with Crippen LogP contribution >= 0.6 is 11.6 Å². The number of rotatable bonds is 7. The fraction of sp³-hybridized carbons (Fsp3) is 0.192. The minimum absolute atomic E-state index is 0.137. The molecule has 0 aliphatic heterocycles. The highest BCUT2D eigenvalue weighted by atomic mass is 35.5. The van der Waals surface area contributed by atoms with Gasteiger partial charge >= 0.3 is 6.18 Å². The predicted molar refractivity (Wildman–Crippen MR) is 133 cm³/mol. The number of hydrogen-bond donors (Lipinski definition) is 1. The molecule has 0 spiro atoms. The molecule has 0 aliphatic rings. The van der Waals surface area contributed by atoms with E-state index in [2.05, 4.69) is 15.3 Å². The van der Waals surface area contributed by atoms with Crippen molar-refractivity contribution >= 4 is 17.5 Å². The van der Waals surface area contributed by atoms with Crippen LogP contribution in [0.1, 0.15) is 15.9 Å². The fourth-order valence-corrected chi connectivity index (χ4v) is 3.85. The molecule has 3 heterocycles. The van der Waals surface area contributed by atoms with Gasteiger partial charge < -0.3 is 14.8 Å². The summed E-state index contributed by atoms with van der Waals surface area (Å²) >= 11 is 6.02. The van der Waals surface area contributed by atoms with E-state index in [-0.39, 0.29) is 11.6 Å². The van der Waals surface area contributed by atoms with Crippen LogP contribution in [-0.4, -0.2) is 52.5 Å². The molecule has 1 amide bonds. The van der Waals surface area contributed by atoms with Gasteiger partial charge in [0.1, 0.15) is 0 Å². The second-order valence-corrected chi connectivity index (χ2v) is 8.76. The Kier molecular flexibility index (Phi) is 7.42. The topological polar surface area (TPSA) is 63.1 Å². The molecule has 0 radical (unpaired) electrons. The predicted octanol–water partition coefficient (Wildman–Crippen LogP) is 5.56. The largest absolute Gasteiger partial charge is 0.418 e. The van der Waals surface area contributed by atoms with Crippen LogP contribution in [0.4, 0.5) is 13.2 Å². The van der Waals surface area contributed by atoms with Gasteiger partial charge in [0.15, 0.2) is 0 Å². The van der Waals surface area contributed by atoms with Crippen LogP contribution in [0.2, 0.25) is 5.02 Å². The number of carbonyl (C=O) groups excluding carboxylic acids is 1. The molecule has 1 aromatic carbocycles. The van der Waals surface area contributed by atoms with Crippen molar-refractivity contribution in [2.75, 3.05) is 27.2 Å². The number of nitrogens with one attached hydrogen (secondary N) is 1. The minimum Gasteiger partial charge on any atom is -0.351 e. The lowest BCUT2D eigenvalue weighted by Gasteiger charge is -2.18. The molecule has 36 heavy (non-hydrogen) atoms. The molecule has 186 valence electrons. The van der Waals surface area contributed by atoms with Crippen LogP contribution in [0.15, 0.2) is 73.2 Å². The summed E-state index contributed by atoms with van der Waals surface area (Å²) in [7, 11) is 3.81. The van der Waals surface area contributed by atoms with Crippen molar-refractivity contribution in [1.29, 1.82) is 0 Å². The van der Waals surface area contributed by atoms with Gasteiger partial charge in [-0.25, -0.2) is 0 Å². The summed E-state index contributed by atoms with van der Waals surface area (Å²) < 4.78 is 43.3. The first-order chi connectivity index (χ1) is 17.1. The maximum absolute atomic E-state index is 13.9. The number of aromatic nitrogens is 3. The fourth-order valence-electron chi connectivity index (χ4n) is 3.72. The van der Waals surface area contributed by atoms with Crippen LogP contribution in [0.3, 0.4) is 0 Å². The van der Waals surface area contributed by atoms with Gasteiger partial charge in [0.05, 0.1) is 40.1 Å². The van der Waals surface area contributed by atoms with E-state index in [0.717, 1.165) is 12.3 Å². The zero-order chi connectivity index (χ0) is 25.9. The number of nitrogens with zero attached hydrogens (tertiary/aromatic N) is 4. The first kappa shape index (κ1) is 25.4.